The first-order chi connectivity index (χ1) is 17.3. The molecule has 188 valence electrons. The van der Waals surface area contributed by atoms with Crippen molar-refractivity contribution in [1.29, 1.82) is 0 Å². The Hall–Kier alpha value is -3.24. The topological polar surface area (TPSA) is 98.3 Å². The number of pyridine rings is 3. The molecule has 3 aromatic rings. The molecule has 2 bridgehead atoms. The summed E-state index contributed by atoms with van der Waals surface area (Å²) >= 11 is 0. The SMILES string of the molecule is Cc1ccc2ncc(F)c(CCC34CCC(NCc5nc6c(cc5F)OCC(=O)N6)(CC3)CO4)c2n1. The summed E-state index contributed by atoms with van der Waals surface area (Å²) in [7, 11) is 0. The molecule has 0 spiro atoms. The van der Waals surface area contributed by atoms with Crippen molar-refractivity contribution < 1.29 is 23.0 Å². The lowest BCUT2D eigenvalue weighted by Crippen LogP contribution is -2.61. The highest BCUT2D eigenvalue weighted by molar-refractivity contribution is 5.94. The quantitative estimate of drug-likeness (QED) is 0.538. The van der Waals surface area contributed by atoms with Crippen molar-refractivity contribution in [1.82, 2.24) is 20.3 Å². The zero-order chi connectivity index (χ0) is 24.9. The fourth-order valence-corrected chi connectivity index (χ4v) is 5.51. The number of anilines is 1. The van der Waals surface area contributed by atoms with Crippen LogP contribution >= 0.6 is 0 Å². The van der Waals surface area contributed by atoms with Gasteiger partial charge in [0.15, 0.2) is 18.2 Å². The second-order valence-corrected chi connectivity index (χ2v) is 10.1. The zero-order valence-electron chi connectivity index (χ0n) is 20.0. The van der Waals surface area contributed by atoms with Gasteiger partial charge in [-0.05, 0) is 57.6 Å². The van der Waals surface area contributed by atoms with Gasteiger partial charge in [-0.15, -0.1) is 0 Å². The number of halogens is 2. The van der Waals surface area contributed by atoms with Gasteiger partial charge in [-0.25, -0.2) is 13.8 Å². The summed E-state index contributed by atoms with van der Waals surface area (Å²) in [5.41, 5.74) is 2.39. The molecule has 3 fully saturated rings. The van der Waals surface area contributed by atoms with E-state index in [2.05, 4.69) is 25.6 Å². The number of carbonyl (C=O) groups excluding carboxylic acids is 1. The Morgan fingerprint density at radius 2 is 1.97 bits per heavy atom. The average molecular weight is 496 g/mol. The summed E-state index contributed by atoms with van der Waals surface area (Å²) < 4.78 is 40.9. The molecule has 0 aromatic carbocycles. The lowest BCUT2D eigenvalue weighted by molar-refractivity contribution is -0.165. The van der Waals surface area contributed by atoms with Crippen LogP contribution < -0.4 is 15.4 Å². The second-order valence-electron chi connectivity index (χ2n) is 10.1. The van der Waals surface area contributed by atoms with E-state index >= 15 is 0 Å². The number of nitrogens with one attached hydrogen (secondary N) is 2. The van der Waals surface area contributed by atoms with Gasteiger partial charge in [-0.1, -0.05) is 0 Å². The molecule has 3 aromatic heterocycles. The molecule has 3 aliphatic heterocycles. The molecular weight excluding hydrogens is 468 g/mol. The second kappa shape index (κ2) is 8.70. The summed E-state index contributed by atoms with van der Waals surface area (Å²) in [5.74, 6) is -0.646. The molecule has 2 saturated heterocycles. The summed E-state index contributed by atoms with van der Waals surface area (Å²) in [6.45, 7) is 2.45. The van der Waals surface area contributed by atoms with Gasteiger partial charge in [0, 0.05) is 29.4 Å². The Balaban J connectivity index is 1.11. The van der Waals surface area contributed by atoms with Crippen molar-refractivity contribution in [3.8, 4) is 5.75 Å². The van der Waals surface area contributed by atoms with Crippen molar-refractivity contribution in [2.45, 2.75) is 63.1 Å². The van der Waals surface area contributed by atoms with E-state index in [1.165, 1.54) is 12.3 Å². The molecule has 8 nitrogen and oxygen atoms in total. The molecule has 1 saturated carbocycles. The molecule has 2 N–H and O–H groups in total. The van der Waals surface area contributed by atoms with Crippen LogP contribution in [0.15, 0.2) is 24.4 Å². The van der Waals surface area contributed by atoms with E-state index in [1.54, 1.807) is 0 Å². The molecule has 6 heterocycles. The summed E-state index contributed by atoms with van der Waals surface area (Å²) in [5, 5.41) is 6.09. The molecule has 1 amide bonds. The van der Waals surface area contributed by atoms with Crippen LogP contribution in [0.25, 0.3) is 11.0 Å². The molecule has 0 atom stereocenters. The van der Waals surface area contributed by atoms with Gasteiger partial charge >= 0.3 is 0 Å². The van der Waals surface area contributed by atoms with Crippen LogP contribution in [0.2, 0.25) is 0 Å². The third-order valence-electron chi connectivity index (χ3n) is 7.77. The van der Waals surface area contributed by atoms with Crippen molar-refractivity contribution in [2.24, 2.45) is 0 Å². The normalized spacial score (nSPS) is 24.9. The Morgan fingerprint density at radius 1 is 1.14 bits per heavy atom. The maximum atomic E-state index is 14.7. The van der Waals surface area contributed by atoms with Gasteiger partial charge < -0.3 is 20.1 Å². The van der Waals surface area contributed by atoms with E-state index in [0.29, 0.717) is 36.0 Å². The maximum Gasteiger partial charge on any atom is 0.263 e. The fraction of sp³-hybridized carbons (Fsp3) is 0.462. The van der Waals surface area contributed by atoms with Crippen LogP contribution in [0.1, 0.15) is 49.1 Å². The third-order valence-corrected chi connectivity index (χ3v) is 7.77. The van der Waals surface area contributed by atoms with Crippen molar-refractivity contribution >= 4 is 22.8 Å². The van der Waals surface area contributed by atoms with Gasteiger partial charge in [0.05, 0.1) is 35.1 Å². The number of aromatic nitrogens is 3. The summed E-state index contributed by atoms with van der Waals surface area (Å²) in [6.07, 6.45) is 5.92. The minimum atomic E-state index is -0.480. The van der Waals surface area contributed by atoms with Crippen molar-refractivity contribution in [3.05, 3.63) is 53.0 Å². The maximum absolute atomic E-state index is 14.7. The first-order valence-corrected chi connectivity index (χ1v) is 12.3. The predicted molar refractivity (Wildman–Crippen MR) is 128 cm³/mol. The van der Waals surface area contributed by atoms with E-state index < -0.39 is 5.82 Å². The van der Waals surface area contributed by atoms with Crippen LogP contribution in [-0.4, -0.2) is 45.2 Å². The Morgan fingerprint density at radius 3 is 2.75 bits per heavy atom. The van der Waals surface area contributed by atoms with Crippen LogP contribution in [0.4, 0.5) is 14.6 Å². The van der Waals surface area contributed by atoms with E-state index in [4.69, 9.17) is 9.47 Å². The van der Waals surface area contributed by atoms with E-state index in [-0.39, 0.29) is 53.3 Å². The molecular formula is C26H27F2N5O3. The number of ether oxygens (including phenoxy) is 2. The largest absolute Gasteiger partial charge is 0.480 e. The number of hydrogen-bond donors (Lipinski definition) is 2. The van der Waals surface area contributed by atoms with E-state index in [0.717, 1.165) is 31.4 Å². The number of aryl methyl sites for hydroxylation is 2. The van der Waals surface area contributed by atoms with Gasteiger partial charge in [-0.2, -0.15) is 0 Å². The minimum Gasteiger partial charge on any atom is -0.480 e. The first-order valence-electron chi connectivity index (χ1n) is 12.3. The van der Waals surface area contributed by atoms with E-state index in [1.807, 2.05) is 19.1 Å². The highest BCUT2D eigenvalue weighted by atomic mass is 19.1. The highest BCUT2D eigenvalue weighted by Crippen LogP contribution is 2.46. The molecule has 0 radical (unpaired) electrons. The molecule has 0 unspecified atom stereocenters. The lowest BCUT2D eigenvalue weighted by Gasteiger charge is -2.53. The number of fused-ring (bicyclic) bond motifs is 5. The predicted octanol–water partition coefficient (Wildman–Crippen LogP) is 3.75. The minimum absolute atomic E-state index is 0.145. The van der Waals surface area contributed by atoms with Gasteiger partial charge in [0.25, 0.3) is 5.91 Å². The number of amides is 1. The number of rotatable bonds is 6. The van der Waals surface area contributed by atoms with E-state index in [9.17, 15) is 13.6 Å². The van der Waals surface area contributed by atoms with Crippen LogP contribution in [0.5, 0.6) is 5.75 Å². The van der Waals surface area contributed by atoms with Gasteiger partial charge in [0.1, 0.15) is 11.6 Å². The number of hydrogen-bond acceptors (Lipinski definition) is 7. The Bertz CT molecular complexity index is 1340. The van der Waals surface area contributed by atoms with Crippen LogP contribution in [0.3, 0.4) is 0 Å². The molecule has 1 aliphatic carbocycles. The molecule has 10 heteroatoms. The smallest absolute Gasteiger partial charge is 0.263 e. The van der Waals surface area contributed by atoms with Crippen LogP contribution in [-0.2, 0) is 22.5 Å². The first kappa shape index (κ1) is 23.2. The molecule has 7 rings (SSSR count). The van der Waals surface area contributed by atoms with Crippen LogP contribution in [0, 0.1) is 18.6 Å². The summed E-state index contributed by atoms with van der Waals surface area (Å²) in [4.78, 5) is 24.5. The molecule has 36 heavy (non-hydrogen) atoms. The Labute approximate surface area is 206 Å². The van der Waals surface area contributed by atoms with Crippen molar-refractivity contribution in [3.63, 3.8) is 0 Å². The highest BCUT2D eigenvalue weighted by Gasteiger charge is 2.49. The Kier molecular flexibility index (Phi) is 5.60. The number of carbonyl (C=O) groups is 1. The average Bonchev–Trinajstić information content (AvgIpc) is 2.88. The van der Waals surface area contributed by atoms with Crippen molar-refractivity contribution in [2.75, 3.05) is 18.5 Å². The molecule has 4 aliphatic rings. The van der Waals surface area contributed by atoms with Gasteiger partial charge in [-0.3, -0.25) is 14.8 Å². The monoisotopic (exact) mass is 495 g/mol. The standard InChI is InChI=1S/C26H27F2N5O3/c1-15-2-3-19-23(31-15)16(18(28)11-29-19)4-5-26-8-6-25(7-9-26,14-36-26)30-12-20-17(27)10-21-24(32-20)33-22(34)13-35-21/h2-3,10-11,30H,4-9,12-14H2,1H3,(H,32,33,34). The number of nitrogens with zero attached hydrogens (tertiary/aromatic N) is 3. The summed E-state index contributed by atoms with van der Waals surface area (Å²) in [6, 6.07) is 5.01. The fourth-order valence-electron chi connectivity index (χ4n) is 5.51. The third kappa shape index (κ3) is 4.18. The lowest BCUT2D eigenvalue weighted by atomic mass is 9.69. The van der Waals surface area contributed by atoms with Gasteiger partial charge in [0.2, 0.25) is 0 Å². The zero-order valence-corrected chi connectivity index (χ0v) is 20.0.